The Morgan fingerprint density at radius 2 is 2.00 bits per heavy atom. The van der Waals surface area contributed by atoms with Gasteiger partial charge in [0.25, 0.3) is 0 Å². The lowest BCUT2D eigenvalue weighted by Crippen LogP contribution is -2.51. The number of nitrogens with zero attached hydrogens (tertiary/aromatic N) is 1. The molecular weight excluding hydrogens is 196 g/mol. The van der Waals surface area contributed by atoms with Gasteiger partial charge in [-0.15, -0.1) is 0 Å². The lowest BCUT2D eigenvalue weighted by Gasteiger charge is -2.41. The third-order valence-electron chi connectivity index (χ3n) is 4.13. The Hall–Kier alpha value is -0.0800. The zero-order valence-electron chi connectivity index (χ0n) is 11.8. The van der Waals surface area contributed by atoms with E-state index in [-0.39, 0.29) is 0 Å². The summed E-state index contributed by atoms with van der Waals surface area (Å²) in [5.74, 6) is 1.56. The third kappa shape index (κ3) is 3.74. The highest BCUT2D eigenvalue weighted by Gasteiger charge is 2.28. The molecule has 0 aromatic carbocycles. The number of piperidine rings is 1. The normalized spacial score (nSPS) is 29.6. The standard InChI is InChI=1S/C14H30N2/c1-6-8-15-14-7-9-16(10-12(14)4)13(5)11(2)3/h11-15H,6-10H2,1-5H3. The first kappa shape index (κ1) is 14.0. The second kappa shape index (κ2) is 6.61. The van der Waals surface area contributed by atoms with Crippen molar-refractivity contribution in [3.8, 4) is 0 Å². The van der Waals surface area contributed by atoms with E-state index in [0.29, 0.717) is 0 Å². The fourth-order valence-corrected chi connectivity index (χ4v) is 2.60. The predicted octanol–water partition coefficient (Wildman–Crippen LogP) is 2.74. The molecule has 0 radical (unpaired) electrons. The number of rotatable bonds is 5. The first-order valence-electron chi connectivity index (χ1n) is 7.03. The molecule has 0 spiro atoms. The van der Waals surface area contributed by atoms with Crippen LogP contribution in [0.1, 0.15) is 47.5 Å². The van der Waals surface area contributed by atoms with Gasteiger partial charge in [0.15, 0.2) is 0 Å². The first-order valence-corrected chi connectivity index (χ1v) is 7.03. The second-order valence-electron chi connectivity index (χ2n) is 5.81. The van der Waals surface area contributed by atoms with Gasteiger partial charge in [-0.2, -0.15) is 0 Å². The van der Waals surface area contributed by atoms with Crippen LogP contribution in [0, 0.1) is 11.8 Å². The summed E-state index contributed by atoms with van der Waals surface area (Å²) in [7, 11) is 0. The number of nitrogens with one attached hydrogen (secondary N) is 1. The highest BCUT2D eigenvalue weighted by molar-refractivity contribution is 4.85. The molecule has 3 atom stereocenters. The van der Waals surface area contributed by atoms with Crippen LogP contribution in [0.25, 0.3) is 0 Å². The Bertz CT molecular complexity index is 191. The minimum Gasteiger partial charge on any atom is -0.314 e. The Balaban J connectivity index is 2.38. The van der Waals surface area contributed by atoms with Crippen LogP contribution in [0.5, 0.6) is 0 Å². The maximum Gasteiger partial charge on any atom is 0.0117 e. The summed E-state index contributed by atoms with van der Waals surface area (Å²) >= 11 is 0. The van der Waals surface area contributed by atoms with Crippen LogP contribution in [0.2, 0.25) is 0 Å². The molecular formula is C14H30N2. The summed E-state index contributed by atoms with van der Waals surface area (Å²) in [5.41, 5.74) is 0. The predicted molar refractivity (Wildman–Crippen MR) is 71.7 cm³/mol. The largest absolute Gasteiger partial charge is 0.314 e. The SMILES string of the molecule is CCCNC1CCN(C(C)C(C)C)CC1C. The average Bonchev–Trinajstić information content (AvgIpc) is 2.26. The van der Waals surface area contributed by atoms with Crippen LogP contribution < -0.4 is 5.32 Å². The van der Waals surface area contributed by atoms with Crippen LogP contribution in [0.3, 0.4) is 0 Å². The van der Waals surface area contributed by atoms with Crippen molar-refractivity contribution in [3.05, 3.63) is 0 Å². The van der Waals surface area contributed by atoms with Crippen molar-refractivity contribution >= 4 is 0 Å². The number of hydrogen-bond acceptors (Lipinski definition) is 2. The van der Waals surface area contributed by atoms with Gasteiger partial charge in [0.1, 0.15) is 0 Å². The van der Waals surface area contributed by atoms with Gasteiger partial charge in [-0.25, -0.2) is 0 Å². The third-order valence-corrected chi connectivity index (χ3v) is 4.13. The molecule has 1 aliphatic rings. The molecule has 3 unspecified atom stereocenters. The van der Waals surface area contributed by atoms with E-state index in [2.05, 4.69) is 44.8 Å². The van der Waals surface area contributed by atoms with Gasteiger partial charge < -0.3 is 10.2 Å². The fourth-order valence-electron chi connectivity index (χ4n) is 2.60. The summed E-state index contributed by atoms with van der Waals surface area (Å²) in [5, 5.41) is 3.68. The van der Waals surface area contributed by atoms with Crippen LogP contribution in [-0.2, 0) is 0 Å². The monoisotopic (exact) mass is 226 g/mol. The van der Waals surface area contributed by atoms with Crippen molar-refractivity contribution in [2.24, 2.45) is 11.8 Å². The van der Waals surface area contributed by atoms with E-state index in [0.717, 1.165) is 23.9 Å². The van der Waals surface area contributed by atoms with E-state index in [1.807, 2.05) is 0 Å². The van der Waals surface area contributed by atoms with Crippen LogP contribution in [0.15, 0.2) is 0 Å². The summed E-state index contributed by atoms with van der Waals surface area (Å²) in [6, 6.07) is 1.48. The minimum atomic E-state index is 0.731. The molecule has 1 aliphatic heterocycles. The first-order chi connectivity index (χ1) is 7.56. The molecule has 96 valence electrons. The van der Waals surface area contributed by atoms with Crippen LogP contribution >= 0.6 is 0 Å². The Labute approximate surface area is 102 Å². The van der Waals surface area contributed by atoms with Gasteiger partial charge in [-0.3, -0.25) is 0 Å². The van der Waals surface area contributed by atoms with Crippen molar-refractivity contribution in [1.82, 2.24) is 10.2 Å². The molecule has 2 heteroatoms. The van der Waals surface area contributed by atoms with Gasteiger partial charge in [0.2, 0.25) is 0 Å². The van der Waals surface area contributed by atoms with Gasteiger partial charge in [-0.05, 0) is 44.7 Å². The van der Waals surface area contributed by atoms with Crippen molar-refractivity contribution in [1.29, 1.82) is 0 Å². The van der Waals surface area contributed by atoms with Gasteiger partial charge in [0.05, 0.1) is 0 Å². The maximum atomic E-state index is 3.68. The zero-order valence-corrected chi connectivity index (χ0v) is 11.8. The molecule has 1 rings (SSSR count). The molecule has 16 heavy (non-hydrogen) atoms. The fraction of sp³-hybridized carbons (Fsp3) is 1.00. The lowest BCUT2D eigenvalue weighted by atomic mass is 9.91. The number of likely N-dealkylation sites (tertiary alicyclic amines) is 1. The highest BCUT2D eigenvalue weighted by Crippen LogP contribution is 2.21. The summed E-state index contributed by atoms with van der Waals surface area (Å²) in [4.78, 5) is 2.67. The van der Waals surface area contributed by atoms with Crippen molar-refractivity contribution in [3.63, 3.8) is 0 Å². The molecule has 1 heterocycles. The van der Waals surface area contributed by atoms with Gasteiger partial charge in [0, 0.05) is 18.6 Å². The molecule has 0 aromatic heterocycles. The zero-order chi connectivity index (χ0) is 12.1. The Morgan fingerprint density at radius 3 is 2.50 bits per heavy atom. The minimum absolute atomic E-state index is 0.731. The quantitative estimate of drug-likeness (QED) is 0.775. The second-order valence-corrected chi connectivity index (χ2v) is 5.81. The van der Waals surface area contributed by atoms with E-state index in [1.54, 1.807) is 0 Å². The summed E-state index contributed by atoms with van der Waals surface area (Å²) in [6.07, 6.45) is 2.56. The molecule has 0 amide bonds. The smallest absolute Gasteiger partial charge is 0.0117 e. The van der Waals surface area contributed by atoms with Crippen LogP contribution in [0.4, 0.5) is 0 Å². The number of hydrogen-bond donors (Lipinski definition) is 1. The summed E-state index contributed by atoms with van der Waals surface area (Å²) in [6.45, 7) is 15.4. The van der Waals surface area contributed by atoms with Crippen molar-refractivity contribution in [2.45, 2.75) is 59.5 Å². The molecule has 0 bridgehead atoms. The molecule has 0 aromatic rings. The maximum absolute atomic E-state index is 3.68. The topological polar surface area (TPSA) is 15.3 Å². The average molecular weight is 226 g/mol. The van der Waals surface area contributed by atoms with Crippen LogP contribution in [-0.4, -0.2) is 36.6 Å². The summed E-state index contributed by atoms with van der Waals surface area (Å²) < 4.78 is 0. The van der Waals surface area contributed by atoms with E-state index in [9.17, 15) is 0 Å². The molecule has 1 fully saturated rings. The molecule has 2 nitrogen and oxygen atoms in total. The molecule has 0 aliphatic carbocycles. The van der Waals surface area contributed by atoms with E-state index >= 15 is 0 Å². The van der Waals surface area contributed by atoms with E-state index in [1.165, 1.54) is 32.5 Å². The lowest BCUT2D eigenvalue weighted by molar-refractivity contribution is 0.0898. The molecule has 0 saturated carbocycles. The van der Waals surface area contributed by atoms with E-state index < -0.39 is 0 Å². The Morgan fingerprint density at radius 1 is 1.31 bits per heavy atom. The van der Waals surface area contributed by atoms with E-state index in [4.69, 9.17) is 0 Å². The van der Waals surface area contributed by atoms with Crippen molar-refractivity contribution < 1.29 is 0 Å². The van der Waals surface area contributed by atoms with Gasteiger partial charge >= 0.3 is 0 Å². The molecule has 1 N–H and O–H groups in total. The highest BCUT2D eigenvalue weighted by atomic mass is 15.2. The molecule has 1 saturated heterocycles. The van der Waals surface area contributed by atoms with Gasteiger partial charge in [-0.1, -0.05) is 27.7 Å². The van der Waals surface area contributed by atoms with Crippen molar-refractivity contribution in [2.75, 3.05) is 19.6 Å². The Kier molecular flexibility index (Phi) is 5.77.